The number of hydrogen-bond donors (Lipinski definition) is 3. The number of rotatable bonds is 2. The Labute approximate surface area is 115 Å². The van der Waals surface area contributed by atoms with Gasteiger partial charge < -0.3 is 20.5 Å². The predicted octanol–water partition coefficient (Wildman–Crippen LogP) is 0.543. The van der Waals surface area contributed by atoms with Gasteiger partial charge in [0, 0.05) is 18.7 Å². The molecule has 0 bridgehead atoms. The Balaban J connectivity index is 0.000000341. The molecular weight excluding hydrogens is 240 g/mol. The maximum Gasteiger partial charge on any atom is 0.106 e. The third kappa shape index (κ3) is 8.11. The van der Waals surface area contributed by atoms with Crippen LogP contribution in [0, 0.1) is 12.3 Å². The number of aliphatic hydroxyl groups excluding tert-OH is 1. The number of carbonyl (C=O) groups is 1. The Kier molecular flexibility index (Phi) is 10.4. The molecule has 0 amide bonds. The Hall–Kier alpha value is -1.67. The van der Waals surface area contributed by atoms with E-state index in [1.807, 2.05) is 38.1 Å². The van der Waals surface area contributed by atoms with Gasteiger partial charge in [-0.2, -0.15) is 0 Å². The van der Waals surface area contributed by atoms with Gasteiger partial charge in [-0.15, -0.1) is 6.42 Å². The van der Waals surface area contributed by atoms with Gasteiger partial charge in [-0.3, -0.25) is 0 Å². The molecule has 1 aromatic rings. The molecule has 3 N–H and O–H groups in total. The smallest absolute Gasteiger partial charge is 0.106 e. The first kappa shape index (κ1) is 17.3. The monoisotopic (exact) mass is 262 g/mol. The van der Waals surface area contributed by atoms with Crippen molar-refractivity contribution in [3.63, 3.8) is 0 Å². The fourth-order valence-corrected chi connectivity index (χ4v) is 1.56. The minimum atomic E-state index is -0.0648. The molecule has 104 valence electrons. The summed E-state index contributed by atoms with van der Waals surface area (Å²) in [6.45, 7) is 4.67. The van der Waals surface area contributed by atoms with Crippen LogP contribution in [0.4, 0.5) is 0 Å². The zero-order valence-corrected chi connectivity index (χ0v) is 11.4. The first-order valence-corrected chi connectivity index (χ1v) is 6.14. The molecule has 0 aromatic heterocycles. The molecule has 1 saturated heterocycles. The molecule has 1 unspecified atom stereocenters. The van der Waals surface area contributed by atoms with Crippen LogP contribution in [0.5, 0.6) is 0 Å². The lowest BCUT2D eigenvalue weighted by molar-refractivity contribution is -0.0979. The number of aliphatic hydroxyl groups is 1. The van der Waals surface area contributed by atoms with E-state index in [0.29, 0.717) is 0 Å². The first-order chi connectivity index (χ1) is 9.26. The summed E-state index contributed by atoms with van der Waals surface area (Å²) in [5, 5.41) is 14.8. The third-order valence-corrected chi connectivity index (χ3v) is 2.54. The van der Waals surface area contributed by atoms with Crippen molar-refractivity contribution in [2.45, 2.75) is 19.1 Å². The van der Waals surface area contributed by atoms with Crippen LogP contribution in [-0.2, 0) is 11.3 Å². The van der Waals surface area contributed by atoms with Gasteiger partial charge in [0.2, 0.25) is 0 Å². The SMILES string of the molecule is C#Cc1ccc(CNC)cc1.C=O.OC1CCNC1. The average molecular weight is 262 g/mol. The summed E-state index contributed by atoms with van der Waals surface area (Å²) in [6.07, 6.45) is 6.07. The minimum Gasteiger partial charge on any atom is -0.392 e. The van der Waals surface area contributed by atoms with Crippen LogP contribution >= 0.6 is 0 Å². The summed E-state index contributed by atoms with van der Waals surface area (Å²) in [6, 6.07) is 7.97. The molecule has 1 aliphatic heterocycles. The van der Waals surface area contributed by atoms with E-state index >= 15 is 0 Å². The number of hydrogen-bond acceptors (Lipinski definition) is 4. The number of terminal acetylenes is 1. The Morgan fingerprint density at radius 1 is 1.47 bits per heavy atom. The molecule has 1 aromatic carbocycles. The van der Waals surface area contributed by atoms with Crippen molar-refractivity contribution >= 4 is 6.79 Å². The summed E-state index contributed by atoms with van der Waals surface area (Å²) in [7, 11) is 1.93. The molecule has 1 fully saturated rings. The van der Waals surface area contributed by atoms with Crippen molar-refractivity contribution in [1.82, 2.24) is 10.6 Å². The number of benzene rings is 1. The molecule has 1 atom stereocenters. The minimum absolute atomic E-state index is 0.0648. The second-order valence-electron chi connectivity index (χ2n) is 4.02. The second kappa shape index (κ2) is 11.4. The second-order valence-corrected chi connectivity index (χ2v) is 4.02. The van der Waals surface area contributed by atoms with Gasteiger partial charge in [-0.25, -0.2) is 0 Å². The van der Waals surface area contributed by atoms with Crippen molar-refractivity contribution < 1.29 is 9.90 Å². The molecular formula is C15H22N2O2. The lowest BCUT2D eigenvalue weighted by Crippen LogP contribution is -2.11. The highest BCUT2D eigenvalue weighted by atomic mass is 16.3. The molecule has 0 radical (unpaired) electrons. The van der Waals surface area contributed by atoms with Crippen LogP contribution in [-0.4, -0.2) is 38.1 Å². The van der Waals surface area contributed by atoms with E-state index in [9.17, 15) is 0 Å². The molecule has 4 heteroatoms. The fraction of sp³-hybridized carbons (Fsp3) is 0.400. The number of β-amino-alcohol motifs (C(OH)–C–C–N with tert-alkyl or cyclic N) is 1. The van der Waals surface area contributed by atoms with E-state index in [1.165, 1.54) is 5.56 Å². The molecule has 2 rings (SSSR count). The van der Waals surface area contributed by atoms with Crippen molar-refractivity contribution in [3.8, 4) is 12.3 Å². The van der Waals surface area contributed by atoms with Crippen LogP contribution < -0.4 is 10.6 Å². The van der Waals surface area contributed by atoms with Crippen LogP contribution in [0.2, 0.25) is 0 Å². The first-order valence-electron chi connectivity index (χ1n) is 6.14. The summed E-state index contributed by atoms with van der Waals surface area (Å²) >= 11 is 0. The van der Waals surface area contributed by atoms with Gasteiger partial charge in [0.1, 0.15) is 6.79 Å². The maximum absolute atomic E-state index is 8.67. The predicted molar refractivity (Wildman–Crippen MR) is 77.8 cm³/mol. The third-order valence-electron chi connectivity index (χ3n) is 2.54. The van der Waals surface area contributed by atoms with Gasteiger partial charge >= 0.3 is 0 Å². The summed E-state index contributed by atoms with van der Waals surface area (Å²) in [5.74, 6) is 2.58. The van der Waals surface area contributed by atoms with E-state index in [0.717, 1.165) is 31.6 Å². The van der Waals surface area contributed by atoms with Crippen molar-refractivity contribution in [1.29, 1.82) is 0 Å². The Morgan fingerprint density at radius 2 is 2.11 bits per heavy atom. The molecule has 0 aliphatic carbocycles. The van der Waals surface area contributed by atoms with Crippen LogP contribution in [0.1, 0.15) is 17.5 Å². The van der Waals surface area contributed by atoms with E-state index in [-0.39, 0.29) is 6.10 Å². The fourth-order valence-electron chi connectivity index (χ4n) is 1.56. The van der Waals surface area contributed by atoms with E-state index in [1.54, 1.807) is 0 Å². The number of carbonyl (C=O) groups excluding carboxylic acids is 1. The quantitative estimate of drug-likeness (QED) is 0.681. The van der Waals surface area contributed by atoms with Gasteiger partial charge in [0.05, 0.1) is 6.10 Å². The molecule has 1 aliphatic rings. The molecule has 0 saturated carbocycles. The topological polar surface area (TPSA) is 61.4 Å². The molecule has 4 nitrogen and oxygen atoms in total. The van der Waals surface area contributed by atoms with Crippen LogP contribution in [0.25, 0.3) is 0 Å². The lowest BCUT2D eigenvalue weighted by Gasteiger charge is -1.98. The lowest BCUT2D eigenvalue weighted by atomic mass is 10.1. The van der Waals surface area contributed by atoms with Crippen LogP contribution in [0.15, 0.2) is 24.3 Å². The van der Waals surface area contributed by atoms with Crippen molar-refractivity contribution in [3.05, 3.63) is 35.4 Å². The van der Waals surface area contributed by atoms with Gasteiger partial charge in [-0.05, 0) is 37.7 Å². The van der Waals surface area contributed by atoms with E-state index in [2.05, 4.69) is 16.6 Å². The largest absolute Gasteiger partial charge is 0.392 e. The normalized spacial score (nSPS) is 16.4. The molecule has 0 spiro atoms. The van der Waals surface area contributed by atoms with Crippen LogP contribution in [0.3, 0.4) is 0 Å². The standard InChI is InChI=1S/C10H11N.C4H9NO.CH2O/c1-3-9-4-6-10(7-5-9)8-11-2;6-4-1-2-5-3-4;1-2/h1,4-7,11H,8H2,2H3;4-6H,1-3H2;1H2. The summed E-state index contributed by atoms with van der Waals surface area (Å²) in [5.41, 5.74) is 2.19. The zero-order valence-electron chi connectivity index (χ0n) is 11.4. The Bertz CT molecular complexity index is 365. The van der Waals surface area contributed by atoms with Crippen molar-refractivity contribution in [2.75, 3.05) is 20.1 Å². The van der Waals surface area contributed by atoms with Gasteiger partial charge in [-0.1, -0.05) is 18.1 Å². The van der Waals surface area contributed by atoms with Gasteiger partial charge in [0.15, 0.2) is 0 Å². The zero-order chi connectivity index (χ0) is 14.5. The van der Waals surface area contributed by atoms with Gasteiger partial charge in [0.25, 0.3) is 0 Å². The highest BCUT2D eigenvalue weighted by Crippen LogP contribution is 2.01. The highest BCUT2D eigenvalue weighted by molar-refractivity contribution is 5.34. The van der Waals surface area contributed by atoms with E-state index in [4.69, 9.17) is 16.3 Å². The van der Waals surface area contributed by atoms with Crippen molar-refractivity contribution in [2.24, 2.45) is 0 Å². The average Bonchev–Trinajstić information content (AvgIpc) is 2.94. The maximum atomic E-state index is 8.67. The molecule has 1 heterocycles. The Morgan fingerprint density at radius 3 is 2.42 bits per heavy atom. The molecule has 19 heavy (non-hydrogen) atoms. The van der Waals surface area contributed by atoms with E-state index < -0.39 is 0 Å². The highest BCUT2D eigenvalue weighted by Gasteiger charge is 2.08. The summed E-state index contributed by atoms with van der Waals surface area (Å²) < 4.78 is 0. The summed E-state index contributed by atoms with van der Waals surface area (Å²) in [4.78, 5) is 8.00. The number of nitrogens with one attached hydrogen (secondary N) is 2.